The number of hydrogen-bond acceptors (Lipinski definition) is 6. The van der Waals surface area contributed by atoms with Crippen molar-refractivity contribution in [2.24, 2.45) is 5.92 Å². The summed E-state index contributed by atoms with van der Waals surface area (Å²) in [5.74, 6) is -2.13. The third-order valence-corrected chi connectivity index (χ3v) is 6.55. The average molecular weight is 463 g/mol. The van der Waals surface area contributed by atoms with Crippen LogP contribution in [0.25, 0.3) is 0 Å². The fourth-order valence-electron chi connectivity index (χ4n) is 4.87. The molecule has 0 aliphatic carbocycles. The summed E-state index contributed by atoms with van der Waals surface area (Å²) in [5, 5.41) is 0. The van der Waals surface area contributed by atoms with Gasteiger partial charge in [-0.25, -0.2) is 9.59 Å². The zero-order valence-electron chi connectivity index (χ0n) is 18.9. The molecule has 8 heteroatoms. The van der Waals surface area contributed by atoms with E-state index in [0.717, 1.165) is 10.5 Å². The van der Waals surface area contributed by atoms with Crippen molar-refractivity contribution < 1.29 is 28.7 Å². The first-order valence-electron chi connectivity index (χ1n) is 11.1. The molecule has 34 heavy (non-hydrogen) atoms. The first-order chi connectivity index (χ1) is 16.4. The highest BCUT2D eigenvalue weighted by Crippen LogP contribution is 2.41. The van der Waals surface area contributed by atoms with Crippen molar-refractivity contribution in [3.8, 4) is 0 Å². The molecule has 0 bridgehead atoms. The van der Waals surface area contributed by atoms with Crippen LogP contribution in [0.5, 0.6) is 0 Å². The van der Waals surface area contributed by atoms with E-state index in [-0.39, 0.29) is 30.8 Å². The van der Waals surface area contributed by atoms with Crippen molar-refractivity contribution in [1.82, 2.24) is 9.80 Å². The number of likely N-dealkylation sites (tertiary alicyclic amines) is 1. The summed E-state index contributed by atoms with van der Waals surface area (Å²) in [7, 11) is 1.23. The zero-order valence-corrected chi connectivity index (χ0v) is 18.9. The molecule has 2 aliphatic rings. The van der Waals surface area contributed by atoms with Gasteiger partial charge in [-0.1, -0.05) is 48.5 Å². The largest absolute Gasteiger partial charge is 0.467 e. The summed E-state index contributed by atoms with van der Waals surface area (Å²) in [6.45, 7) is 3.69. The normalized spacial score (nSPS) is 21.4. The van der Waals surface area contributed by atoms with Crippen molar-refractivity contribution >= 4 is 23.9 Å². The van der Waals surface area contributed by atoms with E-state index in [9.17, 15) is 19.2 Å². The van der Waals surface area contributed by atoms with E-state index in [4.69, 9.17) is 9.47 Å². The molecule has 0 N–H and O–H groups in total. The summed E-state index contributed by atoms with van der Waals surface area (Å²) in [4.78, 5) is 55.1. The molecular weight excluding hydrogens is 436 g/mol. The molecule has 0 radical (unpaired) electrons. The molecule has 0 spiro atoms. The van der Waals surface area contributed by atoms with Crippen molar-refractivity contribution in [1.29, 1.82) is 0 Å². The number of carbonyl (C=O) groups is 4. The van der Waals surface area contributed by atoms with Gasteiger partial charge < -0.3 is 9.47 Å². The number of rotatable bonds is 7. The molecule has 2 atom stereocenters. The Morgan fingerprint density at radius 1 is 1.06 bits per heavy atom. The third kappa shape index (κ3) is 3.85. The van der Waals surface area contributed by atoms with Gasteiger partial charge in [0.05, 0.1) is 24.8 Å². The molecule has 0 unspecified atom stereocenters. The van der Waals surface area contributed by atoms with Crippen LogP contribution in [0.15, 0.2) is 67.3 Å². The maximum absolute atomic E-state index is 13.3. The Kier molecular flexibility index (Phi) is 6.49. The van der Waals surface area contributed by atoms with Gasteiger partial charge in [-0.05, 0) is 30.5 Å². The summed E-state index contributed by atoms with van der Waals surface area (Å²) in [5.41, 5.74) is -0.265. The van der Waals surface area contributed by atoms with Crippen molar-refractivity contribution in [2.75, 3.05) is 20.2 Å². The smallest absolute Gasteiger partial charge is 0.411 e. The van der Waals surface area contributed by atoms with Crippen LogP contribution in [0, 0.1) is 5.92 Å². The van der Waals surface area contributed by atoms with Gasteiger partial charge in [0.2, 0.25) is 0 Å². The van der Waals surface area contributed by atoms with Gasteiger partial charge in [0.15, 0.2) is 5.54 Å². The molecule has 176 valence electrons. The number of esters is 1. The number of benzene rings is 2. The fraction of sp³-hybridized carbons (Fsp3) is 0.308. The second kappa shape index (κ2) is 9.51. The molecule has 1 saturated heterocycles. The molecule has 0 saturated carbocycles. The molecule has 2 aliphatic heterocycles. The van der Waals surface area contributed by atoms with Crippen LogP contribution in [0.2, 0.25) is 0 Å². The maximum atomic E-state index is 13.3. The lowest BCUT2D eigenvalue weighted by Crippen LogP contribution is -2.63. The Labute approximate surface area is 197 Å². The summed E-state index contributed by atoms with van der Waals surface area (Å²) in [6, 6.07) is 15.7. The predicted octanol–water partition coefficient (Wildman–Crippen LogP) is 3.43. The molecule has 3 amide bonds. The van der Waals surface area contributed by atoms with Crippen LogP contribution in [0.1, 0.15) is 39.1 Å². The standard InChI is InChI=1S/C26H26N2O6/c1-3-9-19-14-15-28(25(32)34-16-18-10-5-4-6-11-18)26(19,24(31)33-2)17-27-22(29)20-12-7-8-13-21(20)23(27)30/h3-8,10-13,19H,1,9,14-17H2,2H3/t19-,26-/m1/s1. The van der Waals surface area contributed by atoms with E-state index < -0.39 is 35.3 Å². The summed E-state index contributed by atoms with van der Waals surface area (Å²) >= 11 is 0. The highest BCUT2D eigenvalue weighted by atomic mass is 16.6. The van der Waals surface area contributed by atoms with Gasteiger partial charge in [0, 0.05) is 12.5 Å². The van der Waals surface area contributed by atoms with Gasteiger partial charge >= 0.3 is 12.1 Å². The SMILES string of the molecule is C=CC[C@@H]1CCN(C(=O)OCc2ccccc2)[C@@]1(CN1C(=O)c2ccccc2C1=O)C(=O)OC. The molecule has 4 rings (SSSR count). The topological polar surface area (TPSA) is 93.2 Å². The van der Waals surface area contributed by atoms with Gasteiger partial charge in [-0.15, -0.1) is 6.58 Å². The quantitative estimate of drug-likeness (QED) is 0.356. The van der Waals surface area contributed by atoms with Gasteiger partial charge in [0.1, 0.15) is 6.61 Å². The van der Waals surface area contributed by atoms with Gasteiger partial charge in [0.25, 0.3) is 11.8 Å². The van der Waals surface area contributed by atoms with E-state index >= 15 is 0 Å². The highest BCUT2D eigenvalue weighted by molar-refractivity contribution is 6.21. The van der Waals surface area contributed by atoms with Crippen molar-refractivity contribution in [3.63, 3.8) is 0 Å². The Morgan fingerprint density at radius 3 is 2.26 bits per heavy atom. The van der Waals surface area contributed by atoms with Crippen LogP contribution in [0.4, 0.5) is 4.79 Å². The molecule has 2 aromatic rings. The number of carbonyl (C=O) groups excluding carboxylic acids is 4. The number of fused-ring (bicyclic) bond motifs is 1. The van der Waals surface area contributed by atoms with Crippen LogP contribution < -0.4 is 0 Å². The van der Waals surface area contributed by atoms with Crippen LogP contribution in [-0.4, -0.2) is 59.4 Å². The van der Waals surface area contributed by atoms with E-state index in [0.29, 0.717) is 12.8 Å². The van der Waals surface area contributed by atoms with Crippen LogP contribution in [0.3, 0.4) is 0 Å². The van der Waals surface area contributed by atoms with Gasteiger partial charge in [-0.2, -0.15) is 0 Å². The van der Waals surface area contributed by atoms with E-state index in [1.54, 1.807) is 30.3 Å². The Balaban J connectivity index is 1.68. The number of allylic oxidation sites excluding steroid dienone is 1. The number of imide groups is 1. The minimum atomic E-state index is -1.59. The van der Waals surface area contributed by atoms with Crippen molar-refractivity contribution in [2.45, 2.75) is 25.0 Å². The minimum absolute atomic E-state index is 0.0204. The fourth-order valence-corrected chi connectivity index (χ4v) is 4.87. The maximum Gasteiger partial charge on any atom is 0.411 e. The van der Waals surface area contributed by atoms with Crippen LogP contribution >= 0.6 is 0 Å². The first kappa shape index (κ1) is 23.2. The molecule has 1 fully saturated rings. The monoisotopic (exact) mass is 462 g/mol. The Bertz CT molecular complexity index is 1100. The zero-order chi connectivity index (χ0) is 24.3. The number of amides is 3. The number of ether oxygens (including phenoxy) is 2. The van der Waals surface area contributed by atoms with Crippen LogP contribution in [-0.2, 0) is 20.9 Å². The minimum Gasteiger partial charge on any atom is -0.467 e. The van der Waals surface area contributed by atoms with E-state index in [1.807, 2.05) is 30.3 Å². The molecule has 8 nitrogen and oxygen atoms in total. The Morgan fingerprint density at radius 2 is 1.68 bits per heavy atom. The number of nitrogens with zero attached hydrogens (tertiary/aromatic N) is 2. The first-order valence-corrected chi connectivity index (χ1v) is 11.1. The number of hydrogen-bond donors (Lipinski definition) is 0. The second-order valence-electron chi connectivity index (χ2n) is 8.36. The third-order valence-electron chi connectivity index (χ3n) is 6.55. The predicted molar refractivity (Wildman–Crippen MR) is 123 cm³/mol. The van der Waals surface area contributed by atoms with Gasteiger partial charge in [-0.3, -0.25) is 19.4 Å². The molecule has 0 aromatic heterocycles. The molecule has 2 aromatic carbocycles. The average Bonchev–Trinajstić information content (AvgIpc) is 3.34. The van der Waals surface area contributed by atoms with E-state index in [2.05, 4.69) is 6.58 Å². The Hall–Kier alpha value is -3.94. The molecule has 2 heterocycles. The summed E-state index contributed by atoms with van der Waals surface area (Å²) < 4.78 is 10.7. The molecular formula is C26H26N2O6. The second-order valence-corrected chi connectivity index (χ2v) is 8.36. The lowest BCUT2D eigenvalue weighted by atomic mass is 9.81. The lowest BCUT2D eigenvalue weighted by Gasteiger charge is -2.40. The lowest BCUT2D eigenvalue weighted by molar-refractivity contribution is -0.155. The van der Waals surface area contributed by atoms with E-state index in [1.165, 1.54) is 12.0 Å². The van der Waals surface area contributed by atoms with Crippen molar-refractivity contribution in [3.05, 3.63) is 83.9 Å². The highest BCUT2D eigenvalue weighted by Gasteiger charge is 2.60. The number of methoxy groups -OCH3 is 1. The summed E-state index contributed by atoms with van der Waals surface area (Å²) in [6.07, 6.45) is 1.80.